The Morgan fingerprint density at radius 1 is 1.13 bits per heavy atom. The van der Waals surface area contributed by atoms with Gasteiger partial charge in [0.25, 0.3) is 5.56 Å². The minimum Gasteiger partial charge on any atom is -0.440 e. The highest BCUT2D eigenvalue weighted by Crippen LogP contribution is 2.41. The lowest BCUT2D eigenvalue weighted by Crippen LogP contribution is -2.43. The van der Waals surface area contributed by atoms with Crippen molar-refractivity contribution in [2.45, 2.75) is 31.6 Å². The molecule has 1 aliphatic heterocycles. The van der Waals surface area contributed by atoms with Crippen LogP contribution < -0.4 is 10.5 Å². The second-order valence-electron chi connectivity index (χ2n) is 8.20. The van der Waals surface area contributed by atoms with Crippen LogP contribution in [0.2, 0.25) is 0 Å². The van der Waals surface area contributed by atoms with Crippen LogP contribution >= 0.6 is 15.9 Å². The molecule has 1 aliphatic rings. The van der Waals surface area contributed by atoms with Crippen LogP contribution in [0.15, 0.2) is 62.2 Å². The lowest BCUT2D eigenvalue weighted by atomic mass is 9.76. The van der Waals surface area contributed by atoms with E-state index >= 15 is 0 Å². The van der Waals surface area contributed by atoms with Gasteiger partial charge in [-0.1, -0.05) is 35.0 Å². The van der Waals surface area contributed by atoms with Crippen LogP contribution in [0.1, 0.15) is 32.1 Å². The summed E-state index contributed by atoms with van der Waals surface area (Å²) in [5.41, 5.74) is 3.69. The summed E-state index contributed by atoms with van der Waals surface area (Å²) in [5, 5.41) is 1.10. The topological polar surface area (TPSA) is 51.3 Å². The first kappa shape index (κ1) is 19.4. The normalized spacial score (nSPS) is 16.4. The summed E-state index contributed by atoms with van der Waals surface area (Å²) in [7, 11) is 1.83. The summed E-state index contributed by atoms with van der Waals surface area (Å²) >= 11 is 3.53. The SMILES string of the molecule is CCC1(c2nc3ccccc3o2)CCN(c2cc(=O)n(C)c3cc(Br)ccc23)CC1. The van der Waals surface area contributed by atoms with Gasteiger partial charge in [-0.3, -0.25) is 4.79 Å². The molecule has 6 heteroatoms. The summed E-state index contributed by atoms with van der Waals surface area (Å²) < 4.78 is 8.86. The number of hydrogen-bond acceptors (Lipinski definition) is 4. The number of nitrogens with zero attached hydrogens (tertiary/aromatic N) is 3. The zero-order valence-corrected chi connectivity index (χ0v) is 18.8. The highest BCUT2D eigenvalue weighted by molar-refractivity contribution is 9.10. The van der Waals surface area contributed by atoms with Crippen LogP contribution in [0, 0.1) is 0 Å². The molecule has 2 aromatic carbocycles. The van der Waals surface area contributed by atoms with Crippen molar-refractivity contribution < 1.29 is 4.42 Å². The number of hydrogen-bond donors (Lipinski definition) is 0. The Morgan fingerprint density at radius 2 is 1.90 bits per heavy atom. The number of halogens is 1. The number of pyridine rings is 1. The molecule has 4 aromatic rings. The number of fused-ring (bicyclic) bond motifs is 2. The van der Waals surface area contributed by atoms with Crippen LogP contribution in [-0.2, 0) is 12.5 Å². The number of aryl methyl sites for hydroxylation is 1. The van der Waals surface area contributed by atoms with Crippen molar-refractivity contribution in [2.75, 3.05) is 18.0 Å². The van der Waals surface area contributed by atoms with Crippen molar-refractivity contribution in [1.82, 2.24) is 9.55 Å². The monoisotopic (exact) mass is 465 g/mol. The second kappa shape index (κ2) is 7.27. The highest BCUT2D eigenvalue weighted by Gasteiger charge is 2.39. The number of piperidine rings is 1. The summed E-state index contributed by atoms with van der Waals surface area (Å²) in [6.45, 7) is 3.95. The molecule has 5 nitrogen and oxygen atoms in total. The Labute approximate surface area is 183 Å². The first-order valence-electron chi connectivity index (χ1n) is 10.4. The van der Waals surface area contributed by atoms with Gasteiger partial charge in [-0.2, -0.15) is 0 Å². The molecule has 5 rings (SSSR count). The van der Waals surface area contributed by atoms with Crippen LogP contribution in [0.3, 0.4) is 0 Å². The van der Waals surface area contributed by atoms with Gasteiger partial charge in [-0.05, 0) is 49.6 Å². The lowest BCUT2D eigenvalue weighted by Gasteiger charge is -2.40. The van der Waals surface area contributed by atoms with Crippen molar-refractivity contribution in [3.05, 3.63) is 69.2 Å². The maximum atomic E-state index is 12.6. The average Bonchev–Trinajstić information content (AvgIpc) is 3.21. The molecule has 0 N–H and O–H groups in total. The third kappa shape index (κ3) is 3.05. The van der Waals surface area contributed by atoms with Gasteiger partial charge in [0, 0.05) is 36.1 Å². The molecule has 0 aliphatic carbocycles. The number of para-hydroxylation sites is 2. The van der Waals surface area contributed by atoms with E-state index < -0.39 is 0 Å². The molecule has 1 fully saturated rings. The van der Waals surface area contributed by atoms with E-state index in [4.69, 9.17) is 9.40 Å². The molecule has 2 aromatic heterocycles. The summed E-state index contributed by atoms with van der Waals surface area (Å²) in [6.07, 6.45) is 2.88. The quantitative estimate of drug-likeness (QED) is 0.406. The van der Waals surface area contributed by atoms with Crippen molar-refractivity contribution >= 4 is 43.6 Å². The van der Waals surface area contributed by atoms with Gasteiger partial charge in [-0.15, -0.1) is 0 Å². The van der Waals surface area contributed by atoms with E-state index in [1.165, 1.54) is 0 Å². The summed E-state index contributed by atoms with van der Waals surface area (Å²) in [5.74, 6) is 0.851. The number of anilines is 1. The number of benzene rings is 2. The number of rotatable bonds is 3. The largest absolute Gasteiger partial charge is 0.440 e. The predicted molar refractivity (Wildman–Crippen MR) is 124 cm³/mol. The van der Waals surface area contributed by atoms with Crippen LogP contribution in [0.5, 0.6) is 0 Å². The summed E-state index contributed by atoms with van der Waals surface area (Å²) in [6, 6.07) is 15.9. The fourth-order valence-corrected chi connectivity index (χ4v) is 5.01. The molecule has 0 saturated carbocycles. The maximum absolute atomic E-state index is 12.6. The summed E-state index contributed by atoms with van der Waals surface area (Å²) in [4.78, 5) is 19.8. The predicted octanol–water partition coefficient (Wildman–Crippen LogP) is 5.39. The average molecular weight is 466 g/mol. The van der Waals surface area contributed by atoms with Crippen molar-refractivity contribution in [2.24, 2.45) is 7.05 Å². The van der Waals surface area contributed by atoms with Crippen LogP contribution in [-0.4, -0.2) is 22.6 Å². The Balaban J connectivity index is 1.49. The molecule has 0 spiro atoms. The standard InChI is InChI=1S/C24H24BrN3O2/c1-3-24(23-26-18-6-4-5-7-21(18)30-23)10-12-28(13-11-24)20-15-22(29)27(2)19-14-16(25)8-9-17(19)20/h4-9,14-15H,3,10-13H2,1-2H3. The minimum absolute atomic E-state index is 0.0156. The van der Waals surface area contributed by atoms with E-state index in [2.05, 4.69) is 33.8 Å². The minimum atomic E-state index is -0.0614. The van der Waals surface area contributed by atoms with Crippen LogP contribution in [0.4, 0.5) is 5.69 Å². The van der Waals surface area contributed by atoms with Gasteiger partial charge in [0.1, 0.15) is 5.52 Å². The number of oxazole rings is 1. The Hall–Kier alpha value is -2.60. The Bertz CT molecular complexity index is 1270. The van der Waals surface area contributed by atoms with E-state index in [0.29, 0.717) is 0 Å². The molecule has 30 heavy (non-hydrogen) atoms. The van der Waals surface area contributed by atoms with Gasteiger partial charge in [-0.25, -0.2) is 4.98 Å². The lowest BCUT2D eigenvalue weighted by molar-refractivity contribution is 0.259. The van der Waals surface area contributed by atoms with Crippen molar-refractivity contribution in [3.63, 3.8) is 0 Å². The maximum Gasteiger partial charge on any atom is 0.252 e. The van der Waals surface area contributed by atoms with Gasteiger partial charge in [0.05, 0.1) is 16.6 Å². The van der Waals surface area contributed by atoms with Gasteiger partial charge < -0.3 is 13.9 Å². The third-order valence-electron chi connectivity index (χ3n) is 6.67. The zero-order chi connectivity index (χ0) is 20.9. The first-order valence-corrected chi connectivity index (χ1v) is 11.2. The molecule has 0 amide bonds. The van der Waals surface area contributed by atoms with Gasteiger partial charge in [0.15, 0.2) is 5.58 Å². The Kier molecular flexibility index (Phi) is 4.69. The molecule has 0 atom stereocenters. The zero-order valence-electron chi connectivity index (χ0n) is 17.2. The molecule has 0 bridgehead atoms. The molecule has 1 saturated heterocycles. The third-order valence-corrected chi connectivity index (χ3v) is 7.17. The second-order valence-corrected chi connectivity index (χ2v) is 9.11. The van der Waals surface area contributed by atoms with E-state index in [0.717, 1.165) is 70.4 Å². The van der Waals surface area contributed by atoms with E-state index in [-0.39, 0.29) is 11.0 Å². The molecule has 154 valence electrons. The van der Waals surface area contributed by atoms with Crippen LogP contribution in [0.25, 0.3) is 22.0 Å². The molecular weight excluding hydrogens is 442 g/mol. The number of aromatic nitrogens is 2. The molecule has 0 radical (unpaired) electrons. The Morgan fingerprint density at radius 3 is 2.63 bits per heavy atom. The fourth-order valence-electron chi connectivity index (χ4n) is 4.66. The van der Waals surface area contributed by atoms with E-state index in [1.807, 2.05) is 43.4 Å². The van der Waals surface area contributed by atoms with Crippen molar-refractivity contribution in [1.29, 1.82) is 0 Å². The van der Waals surface area contributed by atoms with E-state index in [9.17, 15) is 4.79 Å². The van der Waals surface area contributed by atoms with E-state index in [1.54, 1.807) is 10.6 Å². The van der Waals surface area contributed by atoms with Gasteiger partial charge >= 0.3 is 0 Å². The fraction of sp³-hybridized carbons (Fsp3) is 0.333. The first-order chi connectivity index (χ1) is 14.5. The van der Waals surface area contributed by atoms with Gasteiger partial charge in [0.2, 0.25) is 5.89 Å². The molecule has 0 unspecified atom stereocenters. The molecule has 3 heterocycles. The highest BCUT2D eigenvalue weighted by atomic mass is 79.9. The van der Waals surface area contributed by atoms with Crippen molar-refractivity contribution in [3.8, 4) is 0 Å². The molecular formula is C24H24BrN3O2. The smallest absolute Gasteiger partial charge is 0.252 e.